The van der Waals surface area contributed by atoms with Crippen molar-refractivity contribution in [3.63, 3.8) is 0 Å². The van der Waals surface area contributed by atoms with Crippen LogP contribution in [-0.2, 0) is 13.2 Å². The van der Waals surface area contributed by atoms with Crippen molar-refractivity contribution in [1.82, 2.24) is 0 Å². The lowest BCUT2D eigenvalue weighted by Gasteiger charge is -2.13. The third kappa shape index (κ3) is 4.24. The van der Waals surface area contributed by atoms with Crippen molar-refractivity contribution >= 4 is 5.69 Å². The van der Waals surface area contributed by atoms with E-state index >= 15 is 0 Å². The summed E-state index contributed by atoms with van der Waals surface area (Å²) >= 11 is 0. The molecule has 2 aromatic rings. The second-order valence-corrected chi connectivity index (χ2v) is 5.32. The minimum absolute atomic E-state index is 0.0379. The predicted octanol–water partition coefficient (Wildman–Crippen LogP) is 3.45. The second-order valence-electron chi connectivity index (χ2n) is 5.32. The topological polar surface area (TPSA) is 65.3 Å². The van der Waals surface area contributed by atoms with Crippen LogP contribution in [-0.4, -0.2) is 11.2 Å². The molecule has 2 aromatic carbocycles. The number of ether oxygens (including phenoxy) is 1. The molecule has 0 radical (unpaired) electrons. The first-order valence-corrected chi connectivity index (χ1v) is 7.25. The van der Waals surface area contributed by atoms with Gasteiger partial charge in [0.1, 0.15) is 11.8 Å². The number of nitriles is 1. The van der Waals surface area contributed by atoms with Gasteiger partial charge < -0.3 is 15.2 Å². The Morgan fingerprint density at radius 3 is 2.41 bits per heavy atom. The molecule has 0 saturated heterocycles. The average Bonchev–Trinajstić information content (AvgIpc) is 2.54. The Labute approximate surface area is 131 Å². The summed E-state index contributed by atoms with van der Waals surface area (Å²) in [6.45, 7) is 4.57. The first-order chi connectivity index (χ1) is 10.6. The fourth-order valence-electron chi connectivity index (χ4n) is 2.05. The van der Waals surface area contributed by atoms with E-state index in [-0.39, 0.29) is 12.7 Å². The van der Waals surface area contributed by atoms with Crippen molar-refractivity contribution in [2.75, 3.05) is 5.32 Å². The van der Waals surface area contributed by atoms with Gasteiger partial charge in [0.15, 0.2) is 0 Å². The Morgan fingerprint density at radius 1 is 1.14 bits per heavy atom. The monoisotopic (exact) mass is 296 g/mol. The number of nitrogens with one attached hydrogen (secondary N) is 1. The molecule has 0 aliphatic carbocycles. The molecule has 0 bridgehead atoms. The van der Waals surface area contributed by atoms with Crippen molar-refractivity contribution in [2.24, 2.45) is 0 Å². The molecule has 0 fully saturated rings. The Kier molecular flexibility index (Phi) is 5.40. The van der Waals surface area contributed by atoms with Crippen LogP contribution in [0.5, 0.6) is 5.75 Å². The lowest BCUT2D eigenvalue weighted by molar-refractivity contribution is 0.242. The van der Waals surface area contributed by atoms with Crippen LogP contribution in [0, 0.1) is 11.3 Å². The van der Waals surface area contributed by atoms with E-state index in [4.69, 9.17) is 9.84 Å². The largest absolute Gasteiger partial charge is 0.490 e. The van der Waals surface area contributed by atoms with Crippen LogP contribution < -0.4 is 10.1 Å². The average molecular weight is 296 g/mol. The van der Waals surface area contributed by atoms with E-state index < -0.39 is 0 Å². The quantitative estimate of drug-likeness (QED) is 0.857. The third-order valence-electron chi connectivity index (χ3n) is 3.16. The van der Waals surface area contributed by atoms with Crippen molar-refractivity contribution in [3.8, 4) is 11.8 Å². The lowest BCUT2D eigenvalue weighted by atomic mass is 10.1. The van der Waals surface area contributed by atoms with E-state index in [1.807, 2.05) is 50.2 Å². The van der Waals surface area contributed by atoms with Crippen LogP contribution in [0.3, 0.4) is 0 Å². The zero-order valence-corrected chi connectivity index (χ0v) is 12.8. The molecule has 2 N–H and O–H groups in total. The maximum atomic E-state index is 9.22. The highest BCUT2D eigenvalue weighted by Gasteiger charge is 2.06. The molecule has 0 unspecified atom stereocenters. The standard InChI is InChI=1S/C18H20N2O2/c1-13(2)22-18-8-7-17(9-16(18)10-19)20-11-14-3-5-15(12-21)6-4-14/h3-9,13,20-21H,11-12H2,1-2H3. The van der Waals surface area contributed by atoms with Gasteiger partial charge in [0.25, 0.3) is 0 Å². The van der Waals surface area contributed by atoms with Gasteiger partial charge in [-0.25, -0.2) is 0 Å². The smallest absolute Gasteiger partial charge is 0.137 e. The van der Waals surface area contributed by atoms with Gasteiger partial charge in [-0.1, -0.05) is 24.3 Å². The summed E-state index contributed by atoms with van der Waals surface area (Å²) in [7, 11) is 0. The zero-order valence-electron chi connectivity index (χ0n) is 12.8. The number of aliphatic hydroxyl groups is 1. The zero-order chi connectivity index (χ0) is 15.9. The van der Waals surface area contributed by atoms with Crippen molar-refractivity contribution in [1.29, 1.82) is 5.26 Å². The molecule has 0 atom stereocenters. The maximum absolute atomic E-state index is 9.22. The fourth-order valence-corrected chi connectivity index (χ4v) is 2.05. The molecule has 0 aliphatic rings. The van der Waals surface area contributed by atoms with Crippen molar-refractivity contribution in [3.05, 3.63) is 59.2 Å². The van der Waals surface area contributed by atoms with E-state index in [0.717, 1.165) is 16.8 Å². The van der Waals surface area contributed by atoms with E-state index in [2.05, 4.69) is 11.4 Å². The van der Waals surface area contributed by atoms with Gasteiger partial charge in [0.05, 0.1) is 18.3 Å². The Balaban J connectivity index is 2.05. The third-order valence-corrected chi connectivity index (χ3v) is 3.16. The highest BCUT2D eigenvalue weighted by molar-refractivity contribution is 5.55. The van der Waals surface area contributed by atoms with Gasteiger partial charge in [-0.15, -0.1) is 0 Å². The summed E-state index contributed by atoms with van der Waals surface area (Å²) < 4.78 is 5.61. The Morgan fingerprint density at radius 2 is 1.82 bits per heavy atom. The molecule has 0 saturated carbocycles. The first-order valence-electron chi connectivity index (χ1n) is 7.25. The fraction of sp³-hybridized carbons (Fsp3) is 0.278. The highest BCUT2D eigenvalue weighted by atomic mass is 16.5. The van der Waals surface area contributed by atoms with Crippen LogP contribution in [0.4, 0.5) is 5.69 Å². The van der Waals surface area contributed by atoms with Crippen LogP contribution in [0.1, 0.15) is 30.5 Å². The normalized spacial score (nSPS) is 10.3. The molecule has 4 heteroatoms. The van der Waals surface area contributed by atoms with Gasteiger partial charge in [0, 0.05) is 12.2 Å². The Bertz CT molecular complexity index is 658. The van der Waals surface area contributed by atoms with Crippen molar-refractivity contribution < 1.29 is 9.84 Å². The van der Waals surface area contributed by atoms with E-state index in [1.54, 1.807) is 6.07 Å². The van der Waals surface area contributed by atoms with Gasteiger partial charge in [-0.05, 0) is 43.2 Å². The number of nitrogens with zero attached hydrogens (tertiary/aromatic N) is 1. The SMILES string of the molecule is CC(C)Oc1ccc(NCc2ccc(CO)cc2)cc1C#N. The van der Waals surface area contributed by atoms with E-state index in [9.17, 15) is 5.26 Å². The number of rotatable bonds is 6. The minimum Gasteiger partial charge on any atom is -0.490 e. The molecule has 4 nitrogen and oxygen atoms in total. The number of hydrogen-bond donors (Lipinski definition) is 2. The van der Waals surface area contributed by atoms with Gasteiger partial charge in [-0.2, -0.15) is 5.26 Å². The number of benzene rings is 2. The summed E-state index contributed by atoms with van der Waals surface area (Å²) in [6.07, 6.45) is 0.0379. The molecule has 0 aromatic heterocycles. The van der Waals surface area contributed by atoms with Gasteiger partial charge >= 0.3 is 0 Å². The van der Waals surface area contributed by atoms with Gasteiger partial charge in [-0.3, -0.25) is 0 Å². The summed E-state index contributed by atoms with van der Waals surface area (Å²) in [5.41, 5.74) is 3.40. The first kappa shape index (κ1) is 15.9. The molecule has 2 rings (SSSR count). The highest BCUT2D eigenvalue weighted by Crippen LogP contribution is 2.23. The molecule has 0 amide bonds. The van der Waals surface area contributed by atoms with Crippen LogP contribution in [0.15, 0.2) is 42.5 Å². The number of anilines is 1. The molecular weight excluding hydrogens is 276 g/mol. The molecule has 0 heterocycles. The van der Waals surface area contributed by atoms with Crippen LogP contribution in [0.2, 0.25) is 0 Å². The molecule has 22 heavy (non-hydrogen) atoms. The minimum atomic E-state index is 0.0379. The summed E-state index contributed by atoms with van der Waals surface area (Å²) in [5.74, 6) is 0.607. The van der Waals surface area contributed by atoms with E-state index in [1.165, 1.54) is 0 Å². The summed E-state index contributed by atoms with van der Waals surface area (Å²) in [5, 5.41) is 21.5. The van der Waals surface area contributed by atoms with Gasteiger partial charge in [0.2, 0.25) is 0 Å². The second kappa shape index (κ2) is 7.48. The molecule has 114 valence electrons. The number of hydrogen-bond acceptors (Lipinski definition) is 4. The van der Waals surface area contributed by atoms with E-state index in [0.29, 0.717) is 17.9 Å². The molecule has 0 spiro atoms. The van der Waals surface area contributed by atoms with Crippen LogP contribution >= 0.6 is 0 Å². The van der Waals surface area contributed by atoms with Crippen LogP contribution in [0.25, 0.3) is 0 Å². The predicted molar refractivity (Wildman–Crippen MR) is 86.6 cm³/mol. The summed E-state index contributed by atoms with van der Waals surface area (Å²) in [4.78, 5) is 0. The Hall–Kier alpha value is -2.51. The molecule has 0 aliphatic heterocycles. The number of aliphatic hydroxyl groups excluding tert-OH is 1. The van der Waals surface area contributed by atoms with Crippen molar-refractivity contribution in [2.45, 2.75) is 33.1 Å². The maximum Gasteiger partial charge on any atom is 0.137 e. The summed E-state index contributed by atoms with van der Waals surface area (Å²) in [6, 6.07) is 15.4. The molecular formula is C18H20N2O2. The lowest BCUT2D eigenvalue weighted by Crippen LogP contribution is -2.07.